The summed E-state index contributed by atoms with van der Waals surface area (Å²) in [6, 6.07) is 8.44. The molecule has 2 aliphatic rings. The summed E-state index contributed by atoms with van der Waals surface area (Å²) in [6.07, 6.45) is 4.81. The van der Waals surface area contributed by atoms with Crippen LogP contribution in [0.2, 0.25) is 25.7 Å². The van der Waals surface area contributed by atoms with Gasteiger partial charge in [0.05, 0.1) is 34.5 Å². The normalized spacial score (nSPS) is 15.9. The van der Waals surface area contributed by atoms with Gasteiger partial charge < -0.3 is 25.6 Å². The van der Waals surface area contributed by atoms with E-state index < -0.39 is 21.0 Å². The van der Waals surface area contributed by atoms with Gasteiger partial charge >= 0.3 is 0 Å². The summed E-state index contributed by atoms with van der Waals surface area (Å²) >= 11 is 0. The molecule has 39 heavy (non-hydrogen) atoms. The zero-order chi connectivity index (χ0) is 30.2. The van der Waals surface area contributed by atoms with Crippen LogP contribution in [0.3, 0.4) is 0 Å². The number of amides is 2. The third kappa shape index (κ3) is 5.99. The Morgan fingerprint density at radius 3 is 2.77 bits per heavy atom. The molecule has 3 aromatic rings. The fourth-order valence-corrected chi connectivity index (χ4v) is 5.41. The van der Waals surface area contributed by atoms with Gasteiger partial charge in [0.25, 0.3) is 5.91 Å². The van der Waals surface area contributed by atoms with Crippen LogP contribution in [0.25, 0.3) is 11.3 Å². The minimum atomic E-state index is -2.68. The van der Waals surface area contributed by atoms with Gasteiger partial charge in [0.15, 0.2) is 0 Å². The number of nitrogens with zero attached hydrogens (tertiary/aromatic N) is 4. The van der Waals surface area contributed by atoms with Crippen LogP contribution in [0.5, 0.6) is 0 Å². The van der Waals surface area contributed by atoms with Gasteiger partial charge in [-0.3, -0.25) is 9.59 Å². The lowest BCUT2D eigenvalue weighted by Gasteiger charge is -2.31. The molecule has 1 aliphatic carbocycles. The van der Waals surface area contributed by atoms with E-state index in [0.29, 0.717) is 31.3 Å². The number of carbonyl (C=O) groups excluding carboxylic acids is 2. The van der Waals surface area contributed by atoms with Crippen molar-refractivity contribution in [2.45, 2.75) is 51.8 Å². The Morgan fingerprint density at radius 2 is 2.03 bits per heavy atom. The predicted molar refractivity (Wildman–Crippen MR) is 156 cm³/mol. The molecule has 1 aromatic carbocycles. The number of nitrogens with one attached hydrogen (secondary N) is 3. The number of pyridine rings is 1. The van der Waals surface area contributed by atoms with Gasteiger partial charge in [-0.1, -0.05) is 31.8 Å². The van der Waals surface area contributed by atoms with E-state index in [9.17, 15) is 9.59 Å². The number of hydrogen-bond donors (Lipinski definition) is 3. The molecule has 11 heteroatoms. The zero-order valence-corrected chi connectivity index (χ0v) is 23.8. The molecule has 5 rings (SSSR count). The monoisotopic (exact) mass is 550 g/mol. The summed E-state index contributed by atoms with van der Waals surface area (Å²) in [5, 5.41) is 12.8. The summed E-state index contributed by atoms with van der Waals surface area (Å²) in [4.78, 5) is 31.7. The maximum atomic E-state index is 13.0. The van der Waals surface area contributed by atoms with Crippen LogP contribution in [0, 0.1) is 5.92 Å². The summed E-state index contributed by atoms with van der Waals surface area (Å²) in [5.74, 6) is -0.694. The number of carbonyl (C=O) groups is 2. The first kappa shape index (κ1) is 23.2. The molecule has 1 aliphatic heterocycles. The molecule has 0 unspecified atom stereocenters. The topological polar surface area (TPSA) is 113 Å². The number of anilines is 4. The molecule has 3 heterocycles. The molecule has 0 bridgehead atoms. The highest BCUT2D eigenvalue weighted by Crippen LogP contribution is 2.44. The predicted octanol–water partition coefficient (Wildman–Crippen LogP) is 4.66. The van der Waals surface area contributed by atoms with Crippen molar-refractivity contribution in [1.29, 1.82) is 0 Å². The van der Waals surface area contributed by atoms with E-state index in [2.05, 4.69) is 45.3 Å². The summed E-state index contributed by atoms with van der Waals surface area (Å²) < 4.78 is 30.4. The number of benzene rings is 1. The van der Waals surface area contributed by atoms with Crippen molar-refractivity contribution in [3.63, 3.8) is 0 Å². The van der Waals surface area contributed by atoms with Gasteiger partial charge in [0, 0.05) is 68.7 Å². The molecule has 3 N–H and O–H groups in total. The van der Waals surface area contributed by atoms with Gasteiger partial charge in [0.2, 0.25) is 5.91 Å². The number of rotatable bonds is 10. The fourth-order valence-electron chi connectivity index (χ4n) is 4.65. The van der Waals surface area contributed by atoms with Crippen molar-refractivity contribution in [3.05, 3.63) is 47.8 Å². The van der Waals surface area contributed by atoms with Gasteiger partial charge in [0.1, 0.15) is 12.5 Å². The second-order valence-electron chi connectivity index (χ2n) is 11.4. The highest BCUT2D eigenvalue weighted by Gasteiger charge is 2.30. The number of ether oxygens (including phenoxy) is 1. The minimum Gasteiger partial charge on any atom is -0.368 e. The van der Waals surface area contributed by atoms with E-state index in [0.717, 1.165) is 41.4 Å². The smallest absolute Gasteiger partial charge is 0.254 e. The molecule has 2 amide bonds. The SMILES string of the molecule is [2H]C([2H])([2H])NC(=O)c1cnc(NC(=O)C2CC2)cc1Nc1cccc2c1N(C)Cc1cnn(COCC[Si](C)(C)C)c1-2. The van der Waals surface area contributed by atoms with Crippen molar-refractivity contribution < 1.29 is 18.4 Å². The van der Waals surface area contributed by atoms with Crippen LogP contribution >= 0.6 is 0 Å². The number of hydrogen-bond acceptors (Lipinski definition) is 7. The Bertz CT molecular complexity index is 1500. The van der Waals surface area contributed by atoms with E-state index in [1.165, 1.54) is 6.20 Å². The van der Waals surface area contributed by atoms with E-state index in [1.54, 1.807) is 6.07 Å². The average Bonchev–Trinajstić information content (AvgIpc) is 3.66. The van der Waals surface area contributed by atoms with Gasteiger partial charge in [-0.2, -0.15) is 5.10 Å². The van der Waals surface area contributed by atoms with Crippen molar-refractivity contribution in [3.8, 4) is 11.3 Å². The molecule has 0 saturated heterocycles. The molecular weight excluding hydrogens is 510 g/mol. The molecule has 0 atom stereocenters. The van der Waals surface area contributed by atoms with Crippen LogP contribution in [0.15, 0.2) is 36.7 Å². The van der Waals surface area contributed by atoms with Crippen LogP contribution < -0.4 is 20.9 Å². The zero-order valence-electron chi connectivity index (χ0n) is 25.8. The first-order valence-corrected chi connectivity index (χ1v) is 16.9. The van der Waals surface area contributed by atoms with Crippen molar-refractivity contribution in [2.24, 2.45) is 5.92 Å². The Kier molecular flexibility index (Phi) is 6.44. The maximum Gasteiger partial charge on any atom is 0.254 e. The highest BCUT2D eigenvalue weighted by molar-refractivity contribution is 6.76. The fraction of sp³-hybridized carbons (Fsp3) is 0.429. The van der Waals surface area contributed by atoms with E-state index >= 15 is 0 Å². The molecule has 206 valence electrons. The summed E-state index contributed by atoms with van der Waals surface area (Å²) in [7, 11) is 0.759. The summed E-state index contributed by atoms with van der Waals surface area (Å²) in [5.41, 5.74) is 4.91. The Balaban J connectivity index is 1.47. The first-order valence-electron chi connectivity index (χ1n) is 14.7. The second-order valence-corrected chi connectivity index (χ2v) is 17.0. The van der Waals surface area contributed by atoms with Gasteiger partial charge in [-0.05, 0) is 25.0 Å². The Hall–Kier alpha value is -3.70. The van der Waals surface area contributed by atoms with Crippen molar-refractivity contribution in [1.82, 2.24) is 20.1 Å². The van der Waals surface area contributed by atoms with Crippen LogP contribution in [-0.4, -0.2) is 55.3 Å². The lowest BCUT2D eigenvalue weighted by atomic mass is 9.99. The standard InChI is InChI=1S/C28H37N7O3Si/c1-29-28(37)21-15-30-24(33-27(36)18-9-10-18)13-23(21)32-22-8-6-7-20-25-19(16-34(2)26(20)22)14-31-35(25)17-38-11-12-39(3,4)5/h6-8,13-15,18H,9-12,16-17H2,1-5H3,(H,29,37)(H2,30,32,33,36)/i1D3. The summed E-state index contributed by atoms with van der Waals surface area (Å²) in [6.45, 7) is 5.91. The van der Waals surface area contributed by atoms with Crippen LogP contribution in [-0.2, 0) is 22.8 Å². The molecule has 10 nitrogen and oxygen atoms in total. The lowest BCUT2D eigenvalue weighted by molar-refractivity contribution is -0.117. The van der Waals surface area contributed by atoms with E-state index in [-0.39, 0.29) is 23.2 Å². The highest BCUT2D eigenvalue weighted by atomic mass is 28.3. The van der Waals surface area contributed by atoms with Crippen LogP contribution in [0.1, 0.15) is 32.9 Å². The van der Waals surface area contributed by atoms with E-state index in [4.69, 9.17) is 8.85 Å². The van der Waals surface area contributed by atoms with Crippen LogP contribution in [0.4, 0.5) is 22.9 Å². The third-order valence-corrected chi connectivity index (χ3v) is 8.64. The largest absolute Gasteiger partial charge is 0.368 e. The molecule has 1 saturated carbocycles. The molecule has 0 radical (unpaired) electrons. The van der Waals surface area contributed by atoms with Crippen molar-refractivity contribution in [2.75, 3.05) is 36.2 Å². The number of aromatic nitrogens is 3. The maximum absolute atomic E-state index is 13.0. The molecular formula is C28H37N7O3Si. The molecule has 1 fully saturated rings. The molecule has 2 aromatic heterocycles. The van der Waals surface area contributed by atoms with E-state index in [1.807, 2.05) is 41.4 Å². The third-order valence-electron chi connectivity index (χ3n) is 6.94. The van der Waals surface area contributed by atoms with Crippen molar-refractivity contribution >= 4 is 42.8 Å². The average molecular weight is 551 g/mol. The minimum absolute atomic E-state index is 0.0323. The Morgan fingerprint density at radius 1 is 1.21 bits per heavy atom. The lowest BCUT2D eigenvalue weighted by Crippen LogP contribution is -2.24. The number of fused-ring (bicyclic) bond motifs is 3. The Labute approximate surface area is 234 Å². The van der Waals surface area contributed by atoms with Gasteiger partial charge in [-0.25, -0.2) is 9.67 Å². The first-order chi connectivity index (χ1) is 19.8. The quantitative estimate of drug-likeness (QED) is 0.249. The number of para-hydroxylation sites is 1. The van der Waals surface area contributed by atoms with Gasteiger partial charge in [-0.15, -0.1) is 0 Å². The molecule has 0 spiro atoms. The second kappa shape index (κ2) is 10.8.